The molecule has 3 saturated heterocycles. The first-order valence-corrected chi connectivity index (χ1v) is 15.6. The number of piperidine rings is 2. The van der Waals surface area contributed by atoms with Crippen LogP contribution in [-0.4, -0.2) is 66.2 Å². The van der Waals surface area contributed by atoms with Crippen molar-refractivity contribution < 1.29 is 27.6 Å². The minimum Gasteiger partial charge on any atom is -0.342 e. The maximum absolute atomic E-state index is 14.5. The molecule has 0 saturated carbocycles. The van der Waals surface area contributed by atoms with E-state index in [1.807, 2.05) is 24.3 Å². The summed E-state index contributed by atoms with van der Waals surface area (Å²) in [5, 5.41) is 3.26. The van der Waals surface area contributed by atoms with E-state index >= 15 is 0 Å². The first kappa shape index (κ1) is 30.5. The van der Waals surface area contributed by atoms with Crippen molar-refractivity contribution in [3.8, 4) is 0 Å². The summed E-state index contributed by atoms with van der Waals surface area (Å²) < 4.78 is 41.1. The minimum absolute atomic E-state index is 0.0173. The number of rotatable bonds is 6. The average Bonchev–Trinajstić information content (AvgIpc) is 3.87. The van der Waals surface area contributed by atoms with E-state index < -0.39 is 29.5 Å². The van der Waals surface area contributed by atoms with Gasteiger partial charge in [0.15, 0.2) is 5.78 Å². The molecule has 0 bridgehead atoms. The van der Waals surface area contributed by atoms with Gasteiger partial charge in [0.05, 0.1) is 5.56 Å². The van der Waals surface area contributed by atoms with Gasteiger partial charge in [-0.2, -0.15) is 13.2 Å². The lowest BCUT2D eigenvalue weighted by atomic mass is 9.73. The minimum atomic E-state index is -4.62. The molecule has 3 unspecified atom stereocenters. The van der Waals surface area contributed by atoms with Crippen LogP contribution in [0.1, 0.15) is 74.6 Å². The zero-order valence-electron chi connectivity index (χ0n) is 25.2. The van der Waals surface area contributed by atoms with Crippen LogP contribution in [-0.2, 0) is 20.6 Å². The molecule has 0 radical (unpaired) electrons. The van der Waals surface area contributed by atoms with E-state index in [-0.39, 0.29) is 34.7 Å². The SMILES string of the molecule is CC(=O)C1=C(C)N(c2cccc(C(F)(F)F)c2)C(=O)C(C(=O)N2CCC(N3CCCCC3)CC2)C1c1ccc(C2CN2)cc1. The molecule has 0 aliphatic carbocycles. The lowest BCUT2D eigenvalue weighted by molar-refractivity contribution is -0.143. The largest absolute Gasteiger partial charge is 0.416 e. The maximum Gasteiger partial charge on any atom is 0.416 e. The molecule has 0 aromatic heterocycles. The quantitative estimate of drug-likeness (QED) is 0.349. The van der Waals surface area contributed by atoms with E-state index in [9.17, 15) is 27.6 Å². The molecule has 4 aliphatic heterocycles. The van der Waals surface area contributed by atoms with Crippen LogP contribution in [0.2, 0.25) is 0 Å². The van der Waals surface area contributed by atoms with Gasteiger partial charge < -0.3 is 15.1 Å². The van der Waals surface area contributed by atoms with Gasteiger partial charge in [-0.05, 0) is 81.9 Å². The topological polar surface area (TPSA) is 82.9 Å². The van der Waals surface area contributed by atoms with E-state index in [2.05, 4.69) is 10.2 Å². The van der Waals surface area contributed by atoms with Crippen LogP contribution in [0.5, 0.6) is 0 Å². The van der Waals surface area contributed by atoms with Gasteiger partial charge in [-0.25, -0.2) is 0 Å². The number of carbonyl (C=O) groups excluding carboxylic acids is 3. The van der Waals surface area contributed by atoms with Crippen LogP contribution in [0, 0.1) is 5.92 Å². The standard InChI is InChI=1S/C34H39F3N4O3/c1-21-29(22(2)42)30(24-11-9-23(10-12-24)28-20-38-28)31(33(44)41(21)27-8-6-7-25(19-27)34(35,36)37)32(43)40-17-13-26(14-18-40)39-15-4-3-5-16-39/h6-12,19,26,28,30-31,38H,3-5,13-18,20H2,1-2H3. The van der Waals surface area contributed by atoms with Crippen LogP contribution in [0.4, 0.5) is 18.9 Å². The third-order valence-electron chi connectivity index (χ3n) is 9.72. The molecule has 0 spiro atoms. The Morgan fingerprint density at radius 1 is 0.909 bits per heavy atom. The number of alkyl halides is 3. The zero-order chi connectivity index (χ0) is 31.2. The van der Waals surface area contributed by atoms with Crippen LogP contribution < -0.4 is 10.2 Å². The van der Waals surface area contributed by atoms with E-state index in [1.54, 1.807) is 11.8 Å². The van der Waals surface area contributed by atoms with E-state index in [1.165, 1.54) is 38.3 Å². The monoisotopic (exact) mass is 608 g/mol. The third-order valence-corrected chi connectivity index (χ3v) is 9.72. The lowest BCUT2D eigenvalue weighted by Gasteiger charge is -2.44. The predicted octanol–water partition coefficient (Wildman–Crippen LogP) is 5.44. The lowest BCUT2D eigenvalue weighted by Crippen LogP contribution is -2.54. The fourth-order valence-electron chi connectivity index (χ4n) is 7.34. The van der Waals surface area contributed by atoms with Gasteiger partial charge in [0.25, 0.3) is 0 Å². The summed E-state index contributed by atoms with van der Waals surface area (Å²) in [6.07, 6.45) is 0.573. The van der Waals surface area contributed by atoms with Crippen molar-refractivity contribution in [2.45, 2.75) is 70.1 Å². The van der Waals surface area contributed by atoms with E-state index in [0.29, 0.717) is 24.7 Å². The van der Waals surface area contributed by atoms with Crippen molar-refractivity contribution in [2.24, 2.45) is 5.92 Å². The third kappa shape index (κ3) is 5.94. The summed E-state index contributed by atoms with van der Waals surface area (Å²) in [4.78, 5) is 47.6. The van der Waals surface area contributed by atoms with Crippen molar-refractivity contribution in [3.63, 3.8) is 0 Å². The zero-order valence-corrected chi connectivity index (χ0v) is 25.2. The van der Waals surface area contributed by atoms with Gasteiger partial charge >= 0.3 is 6.18 Å². The second kappa shape index (κ2) is 12.1. The Labute approximate surface area is 256 Å². The first-order chi connectivity index (χ1) is 21.0. The molecule has 4 aliphatic rings. The smallest absolute Gasteiger partial charge is 0.342 e. The van der Waals surface area contributed by atoms with Gasteiger partial charge in [0.1, 0.15) is 5.92 Å². The first-order valence-electron chi connectivity index (χ1n) is 15.6. The summed E-state index contributed by atoms with van der Waals surface area (Å²) in [5.41, 5.74) is 1.32. The van der Waals surface area contributed by atoms with Crippen LogP contribution in [0.15, 0.2) is 59.8 Å². The Bertz CT molecular complexity index is 1450. The molecular formula is C34H39F3N4O3. The number of nitrogens with one attached hydrogen (secondary N) is 1. The molecule has 2 aromatic carbocycles. The fourth-order valence-corrected chi connectivity index (χ4v) is 7.34. The van der Waals surface area contributed by atoms with Gasteiger partial charge in [0, 0.05) is 54.6 Å². The molecule has 3 atom stereocenters. The molecule has 234 valence electrons. The molecule has 6 rings (SSSR count). The number of halogens is 3. The highest BCUT2D eigenvalue weighted by Crippen LogP contribution is 2.45. The molecule has 1 N–H and O–H groups in total. The number of anilines is 1. The predicted molar refractivity (Wildman–Crippen MR) is 161 cm³/mol. The van der Waals surface area contributed by atoms with E-state index in [0.717, 1.165) is 55.1 Å². The van der Waals surface area contributed by atoms with Gasteiger partial charge in [-0.1, -0.05) is 36.8 Å². The number of likely N-dealkylation sites (tertiary alicyclic amines) is 2. The Kier molecular flexibility index (Phi) is 8.41. The van der Waals surface area contributed by atoms with Crippen molar-refractivity contribution in [1.29, 1.82) is 0 Å². The summed E-state index contributed by atoms with van der Waals surface area (Å²) in [6.45, 7) is 6.95. The van der Waals surface area contributed by atoms with Crippen LogP contribution >= 0.6 is 0 Å². The average molecular weight is 609 g/mol. The number of Topliss-reactive ketones (excluding diaryl/α,β-unsaturated/α-hetero) is 1. The summed E-state index contributed by atoms with van der Waals surface area (Å²) >= 11 is 0. The second-order valence-electron chi connectivity index (χ2n) is 12.5. The molecule has 10 heteroatoms. The highest BCUT2D eigenvalue weighted by molar-refractivity contribution is 6.15. The Balaban J connectivity index is 1.39. The number of hydrogen-bond donors (Lipinski definition) is 1. The number of ketones is 1. The summed E-state index contributed by atoms with van der Waals surface area (Å²) in [5.74, 6) is -3.47. The van der Waals surface area contributed by atoms with Gasteiger partial charge in [-0.15, -0.1) is 0 Å². The van der Waals surface area contributed by atoms with Crippen molar-refractivity contribution >= 4 is 23.3 Å². The van der Waals surface area contributed by atoms with Gasteiger partial charge in [-0.3, -0.25) is 19.3 Å². The Hall–Kier alpha value is -3.50. The highest BCUT2D eigenvalue weighted by atomic mass is 19.4. The molecule has 4 heterocycles. The molecular weight excluding hydrogens is 569 g/mol. The Morgan fingerprint density at radius 3 is 2.14 bits per heavy atom. The number of allylic oxidation sites excluding steroid dienone is 2. The van der Waals surface area contributed by atoms with Crippen molar-refractivity contribution in [2.75, 3.05) is 37.6 Å². The molecule has 2 aromatic rings. The maximum atomic E-state index is 14.5. The molecule has 3 fully saturated rings. The molecule has 2 amide bonds. The second-order valence-corrected chi connectivity index (χ2v) is 12.5. The number of amides is 2. The van der Waals surface area contributed by atoms with E-state index in [4.69, 9.17) is 0 Å². The Morgan fingerprint density at radius 2 is 1.55 bits per heavy atom. The molecule has 7 nitrogen and oxygen atoms in total. The number of nitrogens with zero attached hydrogens (tertiary/aromatic N) is 3. The fraction of sp³-hybridized carbons (Fsp3) is 0.500. The van der Waals surface area contributed by atoms with Crippen LogP contribution in [0.3, 0.4) is 0 Å². The highest BCUT2D eigenvalue weighted by Gasteiger charge is 2.49. The van der Waals surface area contributed by atoms with Gasteiger partial charge in [0.2, 0.25) is 11.8 Å². The normalized spacial score (nSPS) is 25.4. The number of hydrogen-bond acceptors (Lipinski definition) is 5. The van der Waals surface area contributed by atoms with Crippen LogP contribution in [0.25, 0.3) is 0 Å². The summed E-state index contributed by atoms with van der Waals surface area (Å²) in [7, 11) is 0. The summed E-state index contributed by atoms with van der Waals surface area (Å²) in [6, 6.07) is 12.8. The number of benzene rings is 2. The van der Waals surface area contributed by atoms with Crippen molar-refractivity contribution in [1.82, 2.24) is 15.1 Å². The number of carbonyl (C=O) groups is 3. The van der Waals surface area contributed by atoms with Crippen molar-refractivity contribution in [3.05, 3.63) is 76.5 Å². The molecule has 44 heavy (non-hydrogen) atoms.